The van der Waals surface area contributed by atoms with E-state index in [-0.39, 0.29) is 0 Å². The Morgan fingerprint density at radius 2 is 2.10 bits per heavy atom. The highest BCUT2D eigenvalue weighted by atomic mass is 15.1. The third kappa shape index (κ3) is 2.36. The third-order valence-corrected chi connectivity index (χ3v) is 4.34. The molecule has 0 saturated carbocycles. The van der Waals surface area contributed by atoms with Crippen LogP contribution < -0.4 is 0 Å². The van der Waals surface area contributed by atoms with E-state index in [4.69, 9.17) is 0 Å². The Hall–Kier alpha value is -2.06. The van der Waals surface area contributed by atoms with E-state index in [2.05, 4.69) is 54.0 Å². The summed E-state index contributed by atoms with van der Waals surface area (Å²) in [4.78, 5) is 5.83. The van der Waals surface area contributed by atoms with Gasteiger partial charge in [-0.1, -0.05) is 24.3 Å². The monoisotopic (exact) mass is 278 g/mol. The molecule has 2 heterocycles. The second-order valence-corrected chi connectivity index (χ2v) is 5.69. The molecule has 3 rings (SSSR count). The van der Waals surface area contributed by atoms with Crippen molar-refractivity contribution in [2.45, 2.75) is 18.9 Å². The summed E-state index contributed by atoms with van der Waals surface area (Å²) in [5, 5.41) is 1.37. The fourth-order valence-electron chi connectivity index (χ4n) is 3.41. The van der Waals surface area contributed by atoms with Crippen LogP contribution in [0.1, 0.15) is 22.6 Å². The van der Waals surface area contributed by atoms with Crippen molar-refractivity contribution < 1.29 is 0 Å². The van der Waals surface area contributed by atoms with E-state index in [9.17, 15) is 0 Å². The number of rotatable bonds is 5. The predicted octanol–water partition coefficient (Wildman–Crippen LogP) is 4.17. The van der Waals surface area contributed by atoms with E-state index in [1.807, 2.05) is 12.2 Å². The van der Waals surface area contributed by atoms with Gasteiger partial charge in [0.1, 0.15) is 0 Å². The first-order valence-corrected chi connectivity index (χ1v) is 7.47. The maximum atomic E-state index is 4.03. The lowest BCUT2D eigenvalue weighted by Crippen LogP contribution is -2.33. The quantitative estimate of drug-likeness (QED) is 0.813. The molecular weight excluding hydrogens is 256 g/mol. The molecule has 1 atom stereocenters. The minimum Gasteiger partial charge on any atom is -0.361 e. The van der Waals surface area contributed by atoms with Crippen LogP contribution in [-0.4, -0.2) is 23.0 Å². The molecule has 2 aromatic rings. The Bertz CT molecular complexity index is 693. The second kappa shape index (κ2) is 5.74. The van der Waals surface area contributed by atoms with Gasteiger partial charge in [0, 0.05) is 42.7 Å². The highest BCUT2D eigenvalue weighted by Crippen LogP contribution is 2.35. The van der Waals surface area contributed by atoms with Crippen LogP contribution in [0.3, 0.4) is 0 Å². The highest BCUT2D eigenvalue weighted by Gasteiger charge is 2.25. The van der Waals surface area contributed by atoms with Crippen LogP contribution in [0.15, 0.2) is 56.3 Å². The fraction of sp³-hybridized carbons (Fsp3) is 0.263. The largest absolute Gasteiger partial charge is 0.361 e. The first-order valence-electron chi connectivity index (χ1n) is 7.47. The number of aromatic amines is 1. The number of benzene rings is 1. The minimum absolute atomic E-state index is 0.393. The molecule has 0 aliphatic carbocycles. The van der Waals surface area contributed by atoms with Gasteiger partial charge in [0.05, 0.1) is 0 Å². The van der Waals surface area contributed by atoms with Crippen molar-refractivity contribution in [3.63, 3.8) is 0 Å². The van der Waals surface area contributed by atoms with E-state index in [1.54, 1.807) is 0 Å². The van der Waals surface area contributed by atoms with Crippen LogP contribution >= 0.6 is 0 Å². The summed E-state index contributed by atoms with van der Waals surface area (Å²) in [6.45, 7) is 14.7. The Labute approximate surface area is 126 Å². The summed E-state index contributed by atoms with van der Waals surface area (Å²) in [5.41, 5.74) is 5.40. The summed E-state index contributed by atoms with van der Waals surface area (Å²) in [5.74, 6) is 0.393. The standard InChI is InChI=1S/C19H22N2/c1-4-7-15-11-20-18-9-8-16-14(6-3)12-21(10-5-2)13-17(16)19(15)18/h4-6,8-9,11,14,20H,1-3,7,10,12-13H2/t14-/m0/s1. The Balaban J connectivity index is 2.17. The molecule has 1 aromatic carbocycles. The number of nitrogens with one attached hydrogen (secondary N) is 1. The molecule has 0 spiro atoms. The minimum atomic E-state index is 0.393. The molecule has 1 N–H and O–H groups in total. The Morgan fingerprint density at radius 3 is 2.81 bits per heavy atom. The zero-order chi connectivity index (χ0) is 14.8. The van der Waals surface area contributed by atoms with Gasteiger partial charge in [-0.05, 0) is 29.2 Å². The van der Waals surface area contributed by atoms with Crippen molar-refractivity contribution in [3.05, 3.63) is 73.0 Å². The molecule has 0 bridgehead atoms. The molecule has 21 heavy (non-hydrogen) atoms. The summed E-state index contributed by atoms with van der Waals surface area (Å²) in [6, 6.07) is 4.45. The first kappa shape index (κ1) is 13.9. The van der Waals surface area contributed by atoms with E-state index in [0.29, 0.717) is 5.92 Å². The molecule has 0 unspecified atom stereocenters. The average Bonchev–Trinajstić information content (AvgIpc) is 2.91. The van der Waals surface area contributed by atoms with Crippen molar-refractivity contribution >= 4 is 10.9 Å². The number of hydrogen-bond donors (Lipinski definition) is 1. The molecule has 1 aromatic heterocycles. The van der Waals surface area contributed by atoms with Crippen molar-refractivity contribution in [1.29, 1.82) is 0 Å². The van der Waals surface area contributed by atoms with Gasteiger partial charge >= 0.3 is 0 Å². The van der Waals surface area contributed by atoms with Crippen molar-refractivity contribution in [2.24, 2.45) is 0 Å². The SMILES string of the molecule is C=CCc1c[nH]c2ccc3c(c12)CN(CC=C)C[C@@H]3C=C. The van der Waals surface area contributed by atoms with Gasteiger partial charge in [0.2, 0.25) is 0 Å². The number of nitrogens with zero attached hydrogens (tertiary/aromatic N) is 1. The lowest BCUT2D eigenvalue weighted by molar-refractivity contribution is 0.270. The lowest BCUT2D eigenvalue weighted by Gasteiger charge is -2.33. The van der Waals surface area contributed by atoms with Gasteiger partial charge < -0.3 is 4.98 Å². The van der Waals surface area contributed by atoms with Gasteiger partial charge in [-0.3, -0.25) is 4.90 Å². The van der Waals surface area contributed by atoms with E-state index < -0.39 is 0 Å². The molecule has 108 valence electrons. The zero-order valence-corrected chi connectivity index (χ0v) is 12.4. The predicted molar refractivity (Wildman–Crippen MR) is 90.6 cm³/mol. The van der Waals surface area contributed by atoms with Crippen LogP contribution in [0.2, 0.25) is 0 Å². The Kier molecular flexibility index (Phi) is 3.80. The smallest absolute Gasteiger partial charge is 0.0460 e. The second-order valence-electron chi connectivity index (χ2n) is 5.69. The van der Waals surface area contributed by atoms with Gasteiger partial charge in [-0.25, -0.2) is 0 Å². The summed E-state index contributed by atoms with van der Waals surface area (Å²) < 4.78 is 0. The van der Waals surface area contributed by atoms with E-state index >= 15 is 0 Å². The normalized spacial score (nSPS) is 18.4. The third-order valence-electron chi connectivity index (χ3n) is 4.34. The van der Waals surface area contributed by atoms with Crippen molar-refractivity contribution in [2.75, 3.05) is 13.1 Å². The number of allylic oxidation sites excluding steroid dienone is 1. The topological polar surface area (TPSA) is 19.0 Å². The maximum Gasteiger partial charge on any atom is 0.0460 e. The van der Waals surface area contributed by atoms with Crippen LogP contribution in [0.5, 0.6) is 0 Å². The molecule has 1 aliphatic heterocycles. The highest BCUT2D eigenvalue weighted by molar-refractivity contribution is 5.88. The van der Waals surface area contributed by atoms with Crippen LogP contribution in [0.25, 0.3) is 10.9 Å². The first-order chi connectivity index (χ1) is 10.3. The van der Waals surface area contributed by atoms with Gasteiger partial charge in [0.15, 0.2) is 0 Å². The van der Waals surface area contributed by atoms with Crippen LogP contribution in [-0.2, 0) is 13.0 Å². The molecule has 2 heteroatoms. The fourth-order valence-corrected chi connectivity index (χ4v) is 3.41. The summed E-state index contributed by atoms with van der Waals surface area (Å²) in [6.07, 6.45) is 9.03. The van der Waals surface area contributed by atoms with E-state index in [0.717, 1.165) is 26.1 Å². The average molecular weight is 278 g/mol. The molecule has 0 fully saturated rings. The summed E-state index contributed by atoms with van der Waals surface area (Å²) in [7, 11) is 0. The van der Waals surface area contributed by atoms with Crippen LogP contribution in [0.4, 0.5) is 0 Å². The molecule has 2 nitrogen and oxygen atoms in total. The van der Waals surface area contributed by atoms with E-state index in [1.165, 1.54) is 27.6 Å². The van der Waals surface area contributed by atoms with Gasteiger partial charge in [-0.15, -0.1) is 19.7 Å². The maximum absolute atomic E-state index is 4.03. The number of H-pyrrole nitrogens is 1. The van der Waals surface area contributed by atoms with Crippen molar-refractivity contribution in [1.82, 2.24) is 9.88 Å². The number of fused-ring (bicyclic) bond motifs is 3. The van der Waals surface area contributed by atoms with Crippen molar-refractivity contribution in [3.8, 4) is 0 Å². The molecule has 1 aliphatic rings. The van der Waals surface area contributed by atoms with Crippen LogP contribution in [0, 0.1) is 0 Å². The number of aromatic nitrogens is 1. The van der Waals surface area contributed by atoms with Gasteiger partial charge in [-0.2, -0.15) is 0 Å². The molecule has 0 amide bonds. The number of hydrogen-bond acceptors (Lipinski definition) is 1. The molecule has 0 radical (unpaired) electrons. The molecule has 0 saturated heterocycles. The Morgan fingerprint density at radius 1 is 1.24 bits per heavy atom. The summed E-state index contributed by atoms with van der Waals surface area (Å²) >= 11 is 0. The lowest BCUT2D eigenvalue weighted by atomic mass is 9.86. The zero-order valence-electron chi connectivity index (χ0n) is 12.4. The van der Waals surface area contributed by atoms with Gasteiger partial charge in [0.25, 0.3) is 0 Å². The molecular formula is C19H22N2.